The molecule has 21 heavy (non-hydrogen) atoms. The highest BCUT2D eigenvalue weighted by Gasteiger charge is 2.31. The van der Waals surface area contributed by atoms with E-state index in [1.54, 1.807) is 31.3 Å². The number of hydrogen-bond donors (Lipinski definition) is 0. The Bertz CT molecular complexity index is 659. The second-order valence-corrected chi connectivity index (χ2v) is 4.40. The number of pyridine rings is 2. The quantitative estimate of drug-likeness (QED) is 0.636. The van der Waals surface area contributed by atoms with E-state index in [-0.39, 0.29) is 10.9 Å². The number of nitrogens with zero attached hydrogens (tertiary/aromatic N) is 3. The Balaban J connectivity index is 2.17. The number of rotatable bonds is 3. The van der Waals surface area contributed by atoms with Gasteiger partial charge < -0.3 is 4.84 Å². The van der Waals surface area contributed by atoms with E-state index in [4.69, 9.17) is 16.4 Å². The van der Waals surface area contributed by atoms with Crippen LogP contribution in [0.1, 0.15) is 18.2 Å². The number of hydrogen-bond acceptors (Lipinski definition) is 4. The van der Waals surface area contributed by atoms with Gasteiger partial charge >= 0.3 is 6.18 Å². The molecule has 0 spiro atoms. The summed E-state index contributed by atoms with van der Waals surface area (Å²) in [4.78, 5) is 12.5. The van der Waals surface area contributed by atoms with Crippen LogP contribution in [0, 0.1) is 0 Å². The van der Waals surface area contributed by atoms with Gasteiger partial charge in [0.25, 0.3) is 5.88 Å². The summed E-state index contributed by atoms with van der Waals surface area (Å²) < 4.78 is 37.4. The molecule has 0 aromatic carbocycles. The van der Waals surface area contributed by atoms with E-state index in [9.17, 15) is 13.2 Å². The smallest absolute Gasteiger partial charge is 0.335 e. The second-order valence-electron chi connectivity index (χ2n) is 3.99. The minimum atomic E-state index is -4.51. The molecule has 0 unspecified atom stereocenters. The summed E-state index contributed by atoms with van der Waals surface area (Å²) in [5.74, 6) is -0.208. The van der Waals surface area contributed by atoms with E-state index in [1.165, 1.54) is 0 Å². The van der Waals surface area contributed by atoms with E-state index in [2.05, 4.69) is 15.1 Å². The summed E-state index contributed by atoms with van der Waals surface area (Å²) in [6, 6.07) is 5.95. The van der Waals surface area contributed by atoms with E-state index in [1.807, 2.05) is 0 Å². The van der Waals surface area contributed by atoms with Crippen molar-refractivity contribution in [1.82, 2.24) is 9.97 Å². The van der Waals surface area contributed by atoms with Crippen LogP contribution in [0.2, 0.25) is 5.02 Å². The van der Waals surface area contributed by atoms with Gasteiger partial charge in [0.05, 0.1) is 11.3 Å². The zero-order valence-electron chi connectivity index (χ0n) is 10.7. The zero-order chi connectivity index (χ0) is 15.5. The van der Waals surface area contributed by atoms with Crippen molar-refractivity contribution in [1.29, 1.82) is 0 Å². The Kier molecular flexibility index (Phi) is 4.42. The van der Waals surface area contributed by atoms with Gasteiger partial charge in [0.15, 0.2) is 0 Å². The van der Waals surface area contributed by atoms with E-state index in [0.29, 0.717) is 17.6 Å². The highest BCUT2D eigenvalue weighted by atomic mass is 35.5. The monoisotopic (exact) mass is 315 g/mol. The van der Waals surface area contributed by atoms with Crippen LogP contribution >= 0.6 is 11.6 Å². The van der Waals surface area contributed by atoms with Gasteiger partial charge in [-0.15, -0.1) is 0 Å². The fourth-order valence-electron chi connectivity index (χ4n) is 1.38. The molecule has 4 nitrogen and oxygen atoms in total. The molecule has 0 fully saturated rings. The van der Waals surface area contributed by atoms with Gasteiger partial charge in [0.2, 0.25) is 0 Å². The molecule has 0 aliphatic carbocycles. The fourth-order valence-corrected chi connectivity index (χ4v) is 1.58. The van der Waals surface area contributed by atoms with E-state index in [0.717, 1.165) is 6.07 Å². The summed E-state index contributed by atoms with van der Waals surface area (Å²) in [5, 5.41) is 3.47. The van der Waals surface area contributed by atoms with Crippen molar-refractivity contribution in [2.45, 2.75) is 13.1 Å². The van der Waals surface area contributed by atoms with Gasteiger partial charge in [0.1, 0.15) is 10.7 Å². The molecule has 0 aliphatic heterocycles. The Hall–Kier alpha value is -2.15. The number of alkyl halides is 3. The van der Waals surface area contributed by atoms with Crippen LogP contribution in [0.5, 0.6) is 5.88 Å². The van der Waals surface area contributed by atoms with Crippen LogP contribution < -0.4 is 4.84 Å². The zero-order valence-corrected chi connectivity index (χ0v) is 11.5. The molecule has 110 valence electrons. The minimum absolute atomic E-state index is 0.208. The molecule has 0 saturated heterocycles. The molecule has 8 heteroatoms. The Labute approximate surface area is 123 Å². The molecule has 0 N–H and O–H groups in total. The first kappa shape index (κ1) is 15.2. The summed E-state index contributed by atoms with van der Waals surface area (Å²) in [5.41, 5.74) is 0.0548. The van der Waals surface area contributed by atoms with Crippen LogP contribution in [-0.2, 0) is 6.18 Å². The molecule has 0 bridgehead atoms. The molecule has 0 saturated carbocycles. The van der Waals surface area contributed by atoms with E-state index < -0.39 is 11.7 Å². The maximum Gasteiger partial charge on any atom is 0.417 e. The summed E-state index contributed by atoms with van der Waals surface area (Å²) in [6.45, 7) is 1.64. The predicted octanol–water partition coefficient (Wildman–Crippen LogP) is 3.95. The maximum absolute atomic E-state index is 12.5. The van der Waals surface area contributed by atoms with Crippen molar-refractivity contribution < 1.29 is 18.0 Å². The molecular weight excluding hydrogens is 307 g/mol. The number of halogens is 4. The Morgan fingerprint density at radius 1 is 1.29 bits per heavy atom. The molecule has 2 aromatic heterocycles. The van der Waals surface area contributed by atoms with Gasteiger partial charge in [-0.25, -0.2) is 4.98 Å². The van der Waals surface area contributed by atoms with Crippen LogP contribution in [0.4, 0.5) is 13.2 Å². The molecule has 0 aliphatic rings. The molecule has 0 amide bonds. The second kappa shape index (κ2) is 6.09. The van der Waals surface area contributed by atoms with Gasteiger partial charge in [0, 0.05) is 12.4 Å². The normalized spacial score (nSPS) is 12.3. The van der Waals surface area contributed by atoms with E-state index >= 15 is 0 Å². The molecular formula is C13H9ClF3N3O. The van der Waals surface area contributed by atoms with Gasteiger partial charge in [-0.3, -0.25) is 4.98 Å². The molecule has 2 rings (SSSR count). The first-order chi connectivity index (χ1) is 9.88. The highest BCUT2D eigenvalue weighted by Crippen LogP contribution is 2.33. The van der Waals surface area contributed by atoms with Crippen molar-refractivity contribution in [2.75, 3.05) is 0 Å². The summed E-state index contributed by atoms with van der Waals surface area (Å²) in [6.07, 6.45) is -2.30. The molecule has 0 radical (unpaired) electrons. The average Bonchev–Trinajstić information content (AvgIpc) is 2.45. The largest absolute Gasteiger partial charge is 0.417 e. The lowest BCUT2D eigenvalue weighted by molar-refractivity contribution is -0.137. The van der Waals surface area contributed by atoms with Gasteiger partial charge in [-0.05, 0) is 25.1 Å². The summed E-state index contributed by atoms with van der Waals surface area (Å²) >= 11 is 5.69. The highest BCUT2D eigenvalue weighted by molar-refractivity contribution is 6.31. The third-order valence-electron chi connectivity index (χ3n) is 2.44. The van der Waals surface area contributed by atoms with Crippen LogP contribution in [0.3, 0.4) is 0 Å². The minimum Gasteiger partial charge on any atom is -0.335 e. The standard InChI is InChI=1S/C13H9ClF3N3O/c1-8(11-4-2-3-5-18-11)20-21-12-10(14)6-9(7-19-12)13(15,16)17/h2-7H,1H3. The lowest BCUT2D eigenvalue weighted by Crippen LogP contribution is -2.06. The lowest BCUT2D eigenvalue weighted by Gasteiger charge is -2.07. The average molecular weight is 316 g/mol. The summed E-state index contributed by atoms with van der Waals surface area (Å²) in [7, 11) is 0. The SMILES string of the molecule is CC(=NOc1ncc(C(F)(F)F)cc1Cl)c1ccccn1. The number of oxime groups is 1. The first-order valence-electron chi connectivity index (χ1n) is 5.73. The van der Waals surface area contributed by atoms with Gasteiger partial charge in [-0.2, -0.15) is 13.2 Å². The van der Waals surface area contributed by atoms with Crippen LogP contribution in [0.25, 0.3) is 0 Å². The van der Waals surface area contributed by atoms with Crippen molar-refractivity contribution in [3.8, 4) is 5.88 Å². The predicted molar refractivity (Wildman–Crippen MR) is 71.3 cm³/mol. The van der Waals surface area contributed by atoms with Gasteiger partial charge in [-0.1, -0.05) is 22.8 Å². The number of aromatic nitrogens is 2. The topological polar surface area (TPSA) is 47.4 Å². The van der Waals surface area contributed by atoms with Crippen LogP contribution in [0.15, 0.2) is 41.8 Å². The molecule has 0 atom stereocenters. The van der Waals surface area contributed by atoms with Crippen molar-refractivity contribution in [3.63, 3.8) is 0 Å². The van der Waals surface area contributed by atoms with Crippen molar-refractivity contribution >= 4 is 17.3 Å². The Morgan fingerprint density at radius 3 is 2.62 bits per heavy atom. The maximum atomic E-state index is 12.5. The molecule has 2 aromatic rings. The first-order valence-corrected chi connectivity index (χ1v) is 6.11. The van der Waals surface area contributed by atoms with Crippen molar-refractivity contribution in [3.05, 3.63) is 52.9 Å². The lowest BCUT2D eigenvalue weighted by atomic mass is 10.3. The Morgan fingerprint density at radius 2 is 2.05 bits per heavy atom. The van der Waals surface area contributed by atoms with Crippen LogP contribution in [-0.4, -0.2) is 15.7 Å². The third-order valence-corrected chi connectivity index (χ3v) is 2.71. The molecule has 2 heterocycles. The fraction of sp³-hybridized carbons (Fsp3) is 0.154. The third kappa shape index (κ3) is 3.91. The van der Waals surface area contributed by atoms with Crippen molar-refractivity contribution in [2.24, 2.45) is 5.16 Å².